The maximum atomic E-state index is 10.7. The first-order valence-corrected chi connectivity index (χ1v) is 7.38. The molecule has 2 aromatic rings. The Bertz CT molecular complexity index is 736. The van der Waals surface area contributed by atoms with Gasteiger partial charge in [-0.25, -0.2) is 4.98 Å². The first kappa shape index (κ1) is 16.0. The third-order valence-electron chi connectivity index (χ3n) is 2.84. The Balaban J connectivity index is 2.26. The molecule has 3 N–H and O–H groups in total. The third kappa shape index (κ3) is 3.64. The van der Waals surface area contributed by atoms with E-state index in [0.29, 0.717) is 18.0 Å². The summed E-state index contributed by atoms with van der Waals surface area (Å²) in [5, 5.41) is 7.50. The van der Waals surface area contributed by atoms with Gasteiger partial charge in [-0.3, -0.25) is 4.79 Å². The van der Waals surface area contributed by atoms with E-state index in [9.17, 15) is 4.79 Å². The van der Waals surface area contributed by atoms with Crippen LogP contribution >= 0.6 is 15.9 Å². The molecule has 116 valence electrons. The number of nitrogens with two attached hydrogens (primary N) is 1. The molecular weight excluding hydrogens is 348 g/mol. The number of anilines is 2. The van der Waals surface area contributed by atoms with Crippen LogP contribution in [-0.2, 0) is 4.79 Å². The maximum Gasteiger partial charge on any atom is 0.213 e. The molecule has 7 nitrogen and oxygen atoms in total. The summed E-state index contributed by atoms with van der Waals surface area (Å²) in [6.07, 6.45) is 7.99. The Labute approximate surface area is 136 Å². The number of allylic oxidation sites excluding steroid dienone is 1. The van der Waals surface area contributed by atoms with Crippen LogP contribution in [0.1, 0.15) is 6.92 Å². The van der Waals surface area contributed by atoms with Crippen LogP contribution in [0, 0.1) is 0 Å². The average Bonchev–Trinajstić information content (AvgIpc) is 2.86. The van der Waals surface area contributed by atoms with Gasteiger partial charge in [0.25, 0.3) is 0 Å². The van der Waals surface area contributed by atoms with Crippen molar-refractivity contribution >= 4 is 39.6 Å². The van der Waals surface area contributed by atoms with Gasteiger partial charge in [0.1, 0.15) is 11.6 Å². The fraction of sp³-hybridized carbons (Fsp3) is 0.214. The lowest BCUT2D eigenvalue weighted by atomic mass is 10.2. The van der Waals surface area contributed by atoms with Crippen molar-refractivity contribution in [2.45, 2.75) is 6.92 Å². The van der Waals surface area contributed by atoms with Crippen molar-refractivity contribution in [3.05, 3.63) is 40.7 Å². The predicted octanol–water partition coefficient (Wildman–Crippen LogP) is 2.03. The van der Waals surface area contributed by atoms with Gasteiger partial charge in [-0.1, -0.05) is 12.2 Å². The summed E-state index contributed by atoms with van der Waals surface area (Å²) in [6.45, 7) is 2.43. The van der Waals surface area contributed by atoms with E-state index in [1.807, 2.05) is 19.1 Å². The van der Waals surface area contributed by atoms with E-state index in [-0.39, 0.29) is 0 Å². The van der Waals surface area contributed by atoms with E-state index < -0.39 is 0 Å². The van der Waals surface area contributed by atoms with Crippen molar-refractivity contribution in [2.75, 3.05) is 24.6 Å². The number of hydrogen-bond acceptors (Lipinski definition) is 5. The lowest BCUT2D eigenvalue weighted by molar-refractivity contribution is -0.115. The molecule has 0 unspecified atom stereocenters. The molecule has 0 spiro atoms. The molecule has 0 radical (unpaired) electrons. The number of amides is 1. The number of halogens is 1. The first-order chi connectivity index (χ1) is 10.5. The molecule has 0 atom stereocenters. The Kier molecular flexibility index (Phi) is 5.16. The summed E-state index contributed by atoms with van der Waals surface area (Å²) < 4.78 is 2.43. The zero-order valence-corrected chi connectivity index (χ0v) is 13.9. The lowest BCUT2D eigenvalue weighted by Crippen LogP contribution is -2.13. The van der Waals surface area contributed by atoms with E-state index >= 15 is 0 Å². The van der Waals surface area contributed by atoms with Crippen LogP contribution in [0.4, 0.5) is 11.6 Å². The van der Waals surface area contributed by atoms with Crippen molar-refractivity contribution in [3.8, 4) is 0 Å². The molecule has 0 aliphatic rings. The van der Waals surface area contributed by atoms with Crippen LogP contribution in [0.25, 0.3) is 5.65 Å². The second kappa shape index (κ2) is 7.08. The number of nitrogens with zero attached hydrogens (tertiary/aromatic N) is 4. The summed E-state index contributed by atoms with van der Waals surface area (Å²) in [5.41, 5.74) is 7.40. The van der Waals surface area contributed by atoms with Gasteiger partial charge in [0.2, 0.25) is 6.41 Å². The quantitative estimate of drug-likeness (QED) is 0.604. The molecule has 2 aromatic heterocycles. The monoisotopic (exact) mass is 364 g/mol. The maximum absolute atomic E-state index is 10.7. The molecule has 0 fully saturated rings. The van der Waals surface area contributed by atoms with Crippen molar-refractivity contribution in [2.24, 2.45) is 0 Å². The smallest absolute Gasteiger partial charge is 0.213 e. The minimum Gasteiger partial charge on any atom is -0.384 e. The van der Waals surface area contributed by atoms with Gasteiger partial charge in [-0.05, 0) is 28.4 Å². The number of nitrogens with one attached hydrogen (secondary N) is 1. The second-order valence-electron chi connectivity index (χ2n) is 4.62. The number of hydrogen-bond donors (Lipinski definition) is 2. The SMILES string of the molecule is C/C=C\C(=C/N(C)C=O)CNc1cc(N)nc2c(Br)cnn12. The van der Waals surface area contributed by atoms with Gasteiger partial charge < -0.3 is 16.0 Å². The minimum atomic E-state index is 0.401. The Morgan fingerprint density at radius 1 is 1.59 bits per heavy atom. The number of carbonyl (C=O) groups excluding carboxylic acids is 1. The Hall–Kier alpha value is -2.35. The molecule has 0 aromatic carbocycles. The minimum absolute atomic E-state index is 0.401. The molecule has 0 saturated carbocycles. The van der Waals surface area contributed by atoms with E-state index in [0.717, 1.165) is 22.3 Å². The molecule has 0 aliphatic heterocycles. The molecule has 2 rings (SSSR count). The number of carbonyl (C=O) groups is 1. The summed E-state index contributed by atoms with van der Waals surface area (Å²) in [4.78, 5) is 16.4. The molecule has 0 aliphatic carbocycles. The van der Waals surface area contributed by atoms with Crippen LogP contribution in [0.3, 0.4) is 0 Å². The molecule has 22 heavy (non-hydrogen) atoms. The average molecular weight is 365 g/mol. The highest BCUT2D eigenvalue weighted by Crippen LogP contribution is 2.21. The fourth-order valence-electron chi connectivity index (χ4n) is 1.93. The third-order valence-corrected chi connectivity index (χ3v) is 3.40. The van der Waals surface area contributed by atoms with E-state index in [2.05, 4.69) is 31.3 Å². The fourth-order valence-corrected chi connectivity index (χ4v) is 2.28. The van der Waals surface area contributed by atoms with Crippen LogP contribution in [0.15, 0.2) is 40.7 Å². The summed E-state index contributed by atoms with van der Waals surface area (Å²) in [5.74, 6) is 1.12. The number of nitrogen functional groups attached to an aromatic ring is 1. The largest absolute Gasteiger partial charge is 0.384 e. The van der Waals surface area contributed by atoms with Gasteiger partial charge in [-0.15, -0.1) is 0 Å². The van der Waals surface area contributed by atoms with E-state index in [4.69, 9.17) is 5.73 Å². The highest BCUT2D eigenvalue weighted by Gasteiger charge is 2.08. The van der Waals surface area contributed by atoms with Crippen molar-refractivity contribution in [1.82, 2.24) is 19.5 Å². The van der Waals surface area contributed by atoms with Gasteiger partial charge in [0, 0.05) is 25.9 Å². The van der Waals surface area contributed by atoms with Crippen molar-refractivity contribution in [3.63, 3.8) is 0 Å². The van der Waals surface area contributed by atoms with Crippen molar-refractivity contribution < 1.29 is 4.79 Å². The number of aromatic nitrogens is 3. The Morgan fingerprint density at radius 3 is 3.05 bits per heavy atom. The van der Waals surface area contributed by atoms with Crippen molar-refractivity contribution in [1.29, 1.82) is 0 Å². The summed E-state index contributed by atoms with van der Waals surface area (Å²) >= 11 is 3.38. The lowest BCUT2D eigenvalue weighted by Gasteiger charge is -2.12. The first-order valence-electron chi connectivity index (χ1n) is 6.59. The van der Waals surface area contributed by atoms with E-state index in [1.165, 1.54) is 4.90 Å². The summed E-state index contributed by atoms with van der Waals surface area (Å²) in [6, 6.07) is 1.71. The highest BCUT2D eigenvalue weighted by atomic mass is 79.9. The molecule has 1 amide bonds. The predicted molar refractivity (Wildman–Crippen MR) is 90.3 cm³/mol. The van der Waals surface area contributed by atoms with Crippen LogP contribution < -0.4 is 11.1 Å². The molecule has 0 bridgehead atoms. The summed E-state index contributed by atoms with van der Waals surface area (Å²) in [7, 11) is 1.68. The van der Waals surface area contributed by atoms with Gasteiger partial charge in [0.05, 0.1) is 10.7 Å². The van der Waals surface area contributed by atoms with Gasteiger partial charge in [0.15, 0.2) is 5.65 Å². The van der Waals surface area contributed by atoms with Crippen LogP contribution in [-0.4, -0.2) is 39.5 Å². The standard InChI is InChI=1S/C14H17BrN6O/c1-3-4-10(8-20(2)9-22)6-17-13-5-12(16)19-14-11(15)7-18-21(13)14/h3-5,7-9,17H,6H2,1-2H3,(H2,16,19)/b4-3-,10-8+. The molecule has 2 heterocycles. The molecule has 8 heteroatoms. The number of rotatable bonds is 6. The van der Waals surface area contributed by atoms with Gasteiger partial charge in [-0.2, -0.15) is 9.61 Å². The Morgan fingerprint density at radius 2 is 2.36 bits per heavy atom. The van der Waals surface area contributed by atoms with E-state index in [1.54, 1.807) is 30.0 Å². The van der Waals surface area contributed by atoms with Crippen LogP contribution in [0.2, 0.25) is 0 Å². The normalized spacial score (nSPS) is 12.0. The highest BCUT2D eigenvalue weighted by molar-refractivity contribution is 9.10. The molecular formula is C14H17BrN6O. The molecule has 0 saturated heterocycles. The topological polar surface area (TPSA) is 88.5 Å². The zero-order valence-electron chi connectivity index (χ0n) is 12.3. The van der Waals surface area contributed by atoms with Gasteiger partial charge >= 0.3 is 0 Å². The number of fused-ring (bicyclic) bond motifs is 1. The second-order valence-corrected chi connectivity index (χ2v) is 5.48. The van der Waals surface area contributed by atoms with Crippen LogP contribution in [0.5, 0.6) is 0 Å². The zero-order chi connectivity index (χ0) is 16.1.